The lowest BCUT2D eigenvalue weighted by Gasteiger charge is -2.05. The average Bonchev–Trinajstić information content (AvgIpc) is 2.07. The molecular formula is C8H10N2O. The molecule has 0 aromatic carbocycles. The Morgan fingerprint density at radius 3 is 2.73 bits per heavy atom. The van der Waals surface area contributed by atoms with Gasteiger partial charge in [-0.25, -0.2) is 0 Å². The summed E-state index contributed by atoms with van der Waals surface area (Å²) in [6, 6.07) is 3.71. The van der Waals surface area contributed by atoms with Gasteiger partial charge in [-0.2, -0.15) is 0 Å². The lowest BCUT2D eigenvalue weighted by molar-refractivity contribution is 0.137. The Morgan fingerprint density at radius 2 is 2.18 bits per heavy atom. The first-order chi connectivity index (χ1) is 5.34. The molecule has 1 N–H and O–H groups in total. The van der Waals surface area contributed by atoms with E-state index in [4.69, 9.17) is 0 Å². The van der Waals surface area contributed by atoms with E-state index in [9.17, 15) is 0 Å². The van der Waals surface area contributed by atoms with E-state index in [1.54, 1.807) is 19.5 Å². The van der Waals surface area contributed by atoms with Gasteiger partial charge in [0, 0.05) is 18.0 Å². The third-order valence-corrected chi connectivity index (χ3v) is 1.25. The maximum Gasteiger partial charge on any atom is 0.0636 e. The van der Waals surface area contributed by atoms with E-state index in [0.29, 0.717) is 0 Å². The van der Waals surface area contributed by atoms with Crippen LogP contribution in [0.25, 0.3) is 5.70 Å². The monoisotopic (exact) mass is 150 g/mol. The molecule has 0 radical (unpaired) electrons. The summed E-state index contributed by atoms with van der Waals surface area (Å²) in [7, 11) is 1.55. The molecule has 58 valence electrons. The highest BCUT2D eigenvalue weighted by atomic mass is 16.6. The zero-order valence-electron chi connectivity index (χ0n) is 6.37. The molecular weight excluding hydrogens is 140 g/mol. The molecule has 3 heteroatoms. The van der Waals surface area contributed by atoms with Gasteiger partial charge in [-0.15, -0.1) is 0 Å². The van der Waals surface area contributed by atoms with Crippen molar-refractivity contribution >= 4 is 5.70 Å². The molecule has 0 atom stereocenters. The highest BCUT2D eigenvalue weighted by Crippen LogP contribution is 2.05. The number of aromatic nitrogens is 1. The molecule has 0 aliphatic carbocycles. The maximum atomic E-state index is 4.69. The highest BCUT2D eigenvalue weighted by Gasteiger charge is 1.93. The summed E-state index contributed by atoms with van der Waals surface area (Å²) in [5.74, 6) is 0. The summed E-state index contributed by atoms with van der Waals surface area (Å²) >= 11 is 0. The van der Waals surface area contributed by atoms with Crippen LogP contribution in [-0.2, 0) is 4.84 Å². The van der Waals surface area contributed by atoms with Crippen LogP contribution in [-0.4, -0.2) is 12.1 Å². The molecule has 11 heavy (non-hydrogen) atoms. The van der Waals surface area contributed by atoms with E-state index in [1.807, 2.05) is 12.1 Å². The fourth-order valence-corrected chi connectivity index (χ4v) is 0.735. The summed E-state index contributed by atoms with van der Waals surface area (Å²) in [6.07, 6.45) is 3.41. The second-order valence-corrected chi connectivity index (χ2v) is 2.02. The molecule has 0 unspecified atom stereocenters. The van der Waals surface area contributed by atoms with E-state index < -0.39 is 0 Å². The zero-order chi connectivity index (χ0) is 8.10. The van der Waals surface area contributed by atoms with Crippen LogP contribution in [0.5, 0.6) is 0 Å². The van der Waals surface area contributed by atoms with E-state index in [2.05, 4.69) is 21.9 Å². The van der Waals surface area contributed by atoms with Crippen molar-refractivity contribution < 1.29 is 4.84 Å². The summed E-state index contributed by atoms with van der Waals surface area (Å²) < 4.78 is 0. The largest absolute Gasteiger partial charge is 0.279 e. The van der Waals surface area contributed by atoms with Gasteiger partial charge in [0.2, 0.25) is 0 Å². The van der Waals surface area contributed by atoms with Crippen molar-refractivity contribution in [1.29, 1.82) is 0 Å². The van der Waals surface area contributed by atoms with Crippen LogP contribution in [0.15, 0.2) is 31.1 Å². The first-order valence-electron chi connectivity index (χ1n) is 3.23. The molecule has 0 spiro atoms. The summed E-state index contributed by atoms with van der Waals surface area (Å²) in [6.45, 7) is 3.75. The standard InChI is InChI=1S/C8H10N2O/c1-7(10-11-2)8-3-5-9-6-4-8/h3-6,10H,1H2,2H3. The molecule has 0 aliphatic rings. The fourth-order valence-electron chi connectivity index (χ4n) is 0.735. The summed E-state index contributed by atoms with van der Waals surface area (Å²) in [5, 5.41) is 0. The third-order valence-electron chi connectivity index (χ3n) is 1.25. The van der Waals surface area contributed by atoms with Gasteiger partial charge in [-0.05, 0) is 12.1 Å². The average molecular weight is 150 g/mol. The van der Waals surface area contributed by atoms with Gasteiger partial charge in [0.25, 0.3) is 0 Å². The number of nitrogens with one attached hydrogen (secondary N) is 1. The molecule has 1 rings (SSSR count). The Morgan fingerprint density at radius 1 is 1.55 bits per heavy atom. The maximum absolute atomic E-state index is 4.69. The van der Waals surface area contributed by atoms with Crippen LogP contribution in [0.1, 0.15) is 5.56 Å². The Balaban J connectivity index is 2.69. The van der Waals surface area contributed by atoms with E-state index >= 15 is 0 Å². The van der Waals surface area contributed by atoms with Crippen molar-refractivity contribution in [3.05, 3.63) is 36.7 Å². The topological polar surface area (TPSA) is 34.1 Å². The Bertz CT molecular complexity index is 233. The van der Waals surface area contributed by atoms with Gasteiger partial charge in [0.15, 0.2) is 0 Å². The Kier molecular flexibility index (Phi) is 2.63. The van der Waals surface area contributed by atoms with Crippen molar-refractivity contribution in [3.8, 4) is 0 Å². The number of hydroxylamine groups is 1. The number of nitrogens with zero attached hydrogens (tertiary/aromatic N) is 1. The van der Waals surface area contributed by atoms with E-state index in [0.717, 1.165) is 11.3 Å². The van der Waals surface area contributed by atoms with Gasteiger partial charge in [-0.1, -0.05) is 6.58 Å². The Hall–Kier alpha value is -1.35. The molecule has 3 nitrogen and oxygen atoms in total. The van der Waals surface area contributed by atoms with Gasteiger partial charge >= 0.3 is 0 Å². The van der Waals surface area contributed by atoms with Crippen LogP contribution < -0.4 is 5.48 Å². The first-order valence-corrected chi connectivity index (χ1v) is 3.23. The van der Waals surface area contributed by atoms with Crippen molar-refractivity contribution in [2.75, 3.05) is 7.11 Å². The molecule has 0 amide bonds. The molecule has 1 aromatic rings. The van der Waals surface area contributed by atoms with Crippen LogP contribution in [0, 0.1) is 0 Å². The van der Waals surface area contributed by atoms with E-state index in [1.165, 1.54) is 0 Å². The predicted molar refractivity (Wildman–Crippen MR) is 43.4 cm³/mol. The highest BCUT2D eigenvalue weighted by molar-refractivity contribution is 5.59. The van der Waals surface area contributed by atoms with Gasteiger partial charge in [0.05, 0.1) is 12.8 Å². The predicted octanol–water partition coefficient (Wildman–Crippen LogP) is 1.20. The van der Waals surface area contributed by atoms with Crippen LogP contribution in [0.3, 0.4) is 0 Å². The molecule has 1 aromatic heterocycles. The normalized spacial score (nSPS) is 9.18. The number of hydrogen-bond donors (Lipinski definition) is 1. The quantitative estimate of drug-likeness (QED) is 0.657. The summed E-state index contributed by atoms with van der Waals surface area (Å²) in [5.41, 5.74) is 4.34. The van der Waals surface area contributed by atoms with Crippen molar-refractivity contribution in [2.45, 2.75) is 0 Å². The second kappa shape index (κ2) is 3.73. The van der Waals surface area contributed by atoms with Crippen molar-refractivity contribution in [2.24, 2.45) is 0 Å². The molecule has 0 aliphatic heterocycles. The van der Waals surface area contributed by atoms with Gasteiger partial charge < -0.3 is 0 Å². The van der Waals surface area contributed by atoms with Crippen LogP contribution >= 0.6 is 0 Å². The number of hydrogen-bond acceptors (Lipinski definition) is 3. The van der Waals surface area contributed by atoms with Gasteiger partial charge in [-0.3, -0.25) is 15.3 Å². The third kappa shape index (κ3) is 2.05. The zero-order valence-corrected chi connectivity index (χ0v) is 6.37. The minimum Gasteiger partial charge on any atom is -0.279 e. The Labute approximate surface area is 65.7 Å². The number of pyridine rings is 1. The molecule has 0 saturated carbocycles. The van der Waals surface area contributed by atoms with Crippen molar-refractivity contribution in [1.82, 2.24) is 10.5 Å². The smallest absolute Gasteiger partial charge is 0.0636 e. The molecule has 0 saturated heterocycles. The lowest BCUT2D eigenvalue weighted by atomic mass is 10.2. The first kappa shape index (κ1) is 7.75. The fraction of sp³-hybridized carbons (Fsp3) is 0.125. The minimum absolute atomic E-state index is 0.731. The number of rotatable bonds is 3. The summed E-state index contributed by atoms with van der Waals surface area (Å²) in [4.78, 5) is 8.57. The molecule has 0 fully saturated rings. The van der Waals surface area contributed by atoms with E-state index in [-0.39, 0.29) is 0 Å². The molecule has 1 heterocycles. The SMILES string of the molecule is C=C(NOC)c1ccncc1. The van der Waals surface area contributed by atoms with Crippen molar-refractivity contribution in [3.63, 3.8) is 0 Å². The lowest BCUT2D eigenvalue weighted by Crippen LogP contribution is -2.08. The van der Waals surface area contributed by atoms with Gasteiger partial charge in [0.1, 0.15) is 0 Å². The minimum atomic E-state index is 0.731. The molecule has 0 bridgehead atoms. The van der Waals surface area contributed by atoms with Crippen LogP contribution in [0.4, 0.5) is 0 Å². The van der Waals surface area contributed by atoms with Crippen LogP contribution in [0.2, 0.25) is 0 Å². The second-order valence-electron chi connectivity index (χ2n) is 2.02.